The summed E-state index contributed by atoms with van der Waals surface area (Å²) in [7, 11) is 1.86. The number of fused-ring (bicyclic) bond motifs is 3. The summed E-state index contributed by atoms with van der Waals surface area (Å²) in [6, 6.07) is 8.37. The highest BCUT2D eigenvalue weighted by Gasteiger charge is 2.24. The molecule has 5 rings (SSSR count). The molecule has 0 aliphatic heterocycles. The molecule has 2 aliphatic carbocycles. The average molecular weight is 416 g/mol. The van der Waals surface area contributed by atoms with Gasteiger partial charge < -0.3 is 0 Å². The SMILES string of the molecule is CC1=CC(c2ccc3c(=O)n(C)c4cc(C5CCCC5)nn4c3c2)=CC(C)C(C)C1C. The van der Waals surface area contributed by atoms with E-state index in [4.69, 9.17) is 5.10 Å². The van der Waals surface area contributed by atoms with Gasteiger partial charge in [0.2, 0.25) is 0 Å². The number of benzene rings is 1. The van der Waals surface area contributed by atoms with Gasteiger partial charge in [-0.3, -0.25) is 9.36 Å². The fourth-order valence-corrected chi connectivity index (χ4v) is 5.49. The van der Waals surface area contributed by atoms with Crippen molar-refractivity contribution in [3.63, 3.8) is 0 Å². The Labute approximate surface area is 184 Å². The summed E-state index contributed by atoms with van der Waals surface area (Å²) in [4.78, 5) is 13.1. The van der Waals surface area contributed by atoms with Gasteiger partial charge in [0.05, 0.1) is 16.6 Å². The molecule has 0 bridgehead atoms. The van der Waals surface area contributed by atoms with Gasteiger partial charge in [-0.25, -0.2) is 4.52 Å². The summed E-state index contributed by atoms with van der Waals surface area (Å²) < 4.78 is 3.74. The van der Waals surface area contributed by atoms with E-state index in [1.165, 1.54) is 36.8 Å². The van der Waals surface area contributed by atoms with Gasteiger partial charge in [-0.2, -0.15) is 5.10 Å². The van der Waals surface area contributed by atoms with E-state index in [1.54, 1.807) is 4.57 Å². The summed E-state index contributed by atoms with van der Waals surface area (Å²) in [6.07, 6.45) is 9.67. The minimum Gasteiger partial charge on any atom is -0.296 e. The zero-order valence-corrected chi connectivity index (χ0v) is 19.4. The maximum Gasteiger partial charge on any atom is 0.261 e. The van der Waals surface area contributed by atoms with Gasteiger partial charge in [-0.15, -0.1) is 0 Å². The summed E-state index contributed by atoms with van der Waals surface area (Å²) >= 11 is 0. The molecule has 4 nitrogen and oxygen atoms in total. The van der Waals surface area contributed by atoms with Crippen molar-refractivity contribution in [1.82, 2.24) is 14.2 Å². The van der Waals surface area contributed by atoms with Crippen molar-refractivity contribution in [3.8, 4) is 0 Å². The maximum absolute atomic E-state index is 13.1. The van der Waals surface area contributed by atoms with Crippen LogP contribution in [0.15, 0.2) is 46.8 Å². The first kappa shape index (κ1) is 20.3. The van der Waals surface area contributed by atoms with E-state index in [2.05, 4.69) is 58.0 Å². The molecule has 2 aromatic heterocycles. The highest BCUT2D eigenvalue weighted by atomic mass is 16.1. The predicted molar refractivity (Wildman–Crippen MR) is 128 cm³/mol. The molecular formula is C27H33N3O. The molecule has 1 fully saturated rings. The summed E-state index contributed by atoms with van der Waals surface area (Å²) in [6.45, 7) is 9.22. The van der Waals surface area contributed by atoms with Crippen molar-refractivity contribution < 1.29 is 0 Å². The van der Waals surface area contributed by atoms with E-state index in [9.17, 15) is 4.79 Å². The average Bonchev–Trinajstić information content (AvgIpc) is 3.43. The fraction of sp³-hybridized carbons (Fsp3) is 0.481. The summed E-state index contributed by atoms with van der Waals surface area (Å²) in [5, 5.41) is 5.73. The molecule has 162 valence electrons. The third-order valence-corrected chi connectivity index (χ3v) is 8.08. The van der Waals surface area contributed by atoms with Crippen LogP contribution in [0.5, 0.6) is 0 Å². The highest BCUT2D eigenvalue weighted by molar-refractivity contribution is 5.87. The second-order valence-electron chi connectivity index (χ2n) is 9.93. The quantitative estimate of drug-likeness (QED) is 0.508. The molecule has 31 heavy (non-hydrogen) atoms. The van der Waals surface area contributed by atoms with Crippen molar-refractivity contribution in [1.29, 1.82) is 0 Å². The standard InChI is InChI=1S/C27H33N3O/c1-16-12-22(13-17(2)19(4)18(16)3)21-10-11-23-25(14-21)30-26(29(5)27(23)31)15-24(28-30)20-8-6-7-9-20/h10-16,18-20H,6-9H2,1-5H3. The first-order valence-electron chi connectivity index (χ1n) is 11.8. The first-order valence-corrected chi connectivity index (χ1v) is 11.8. The lowest BCUT2D eigenvalue weighted by atomic mass is 9.82. The van der Waals surface area contributed by atoms with Gasteiger partial charge in [0.1, 0.15) is 5.65 Å². The van der Waals surface area contributed by atoms with Crippen LogP contribution in [0.4, 0.5) is 0 Å². The van der Waals surface area contributed by atoms with Gasteiger partial charge >= 0.3 is 0 Å². The molecule has 3 atom stereocenters. The molecule has 0 spiro atoms. The molecular weight excluding hydrogens is 382 g/mol. The Morgan fingerprint density at radius 1 is 1.06 bits per heavy atom. The molecule has 2 aliphatic rings. The normalized spacial score (nSPS) is 25.1. The van der Waals surface area contributed by atoms with E-state index in [0.717, 1.165) is 27.8 Å². The third-order valence-electron chi connectivity index (χ3n) is 8.08. The smallest absolute Gasteiger partial charge is 0.261 e. The molecule has 1 aromatic carbocycles. The van der Waals surface area contributed by atoms with E-state index >= 15 is 0 Å². The Morgan fingerprint density at radius 3 is 2.55 bits per heavy atom. The lowest BCUT2D eigenvalue weighted by molar-refractivity contribution is 0.362. The van der Waals surface area contributed by atoms with Crippen molar-refractivity contribution in [3.05, 3.63) is 63.6 Å². The largest absolute Gasteiger partial charge is 0.296 e. The Hall–Kier alpha value is -2.62. The van der Waals surface area contributed by atoms with Crippen LogP contribution in [0.2, 0.25) is 0 Å². The summed E-state index contributed by atoms with van der Waals surface area (Å²) in [5.74, 6) is 2.18. The lowest BCUT2D eigenvalue weighted by Crippen LogP contribution is -2.19. The van der Waals surface area contributed by atoms with Crippen LogP contribution in [0, 0.1) is 17.8 Å². The van der Waals surface area contributed by atoms with Crippen molar-refractivity contribution in [2.45, 2.75) is 59.3 Å². The molecule has 1 saturated carbocycles. The number of aryl methyl sites for hydroxylation is 1. The third kappa shape index (κ3) is 3.28. The fourth-order valence-electron chi connectivity index (χ4n) is 5.49. The zero-order valence-electron chi connectivity index (χ0n) is 19.4. The molecule has 0 radical (unpaired) electrons. The molecule has 4 heteroatoms. The number of allylic oxidation sites excluding steroid dienone is 4. The van der Waals surface area contributed by atoms with Crippen LogP contribution in [0.25, 0.3) is 22.1 Å². The first-order chi connectivity index (χ1) is 14.8. The van der Waals surface area contributed by atoms with Crippen molar-refractivity contribution in [2.24, 2.45) is 24.8 Å². The van der Waals surface area contributed by atoms with Crippen LogP contribution in [0.3, 0.4) is 0 Å². The van der Waals surface area contributed by atoms with Crippen molar-refractivity contribution in [2.75, 3.05) is 0 Å². The van der Waals surface area contributed by atoms with Crippen LogP contribution in [0.1, 0.15) is 70.6 Å². The Morgan fingerprint density at radius 2 is 1.81 bits per heavy atom. The number of hydrogen-bond donors (Lipinski definition) is 0. The van der Waals surface area contributed by atoms with Gasteiger partial charge in [-0.05, 0) is 60.8 Å². The maximum atomic E-state index is 13.1. The number of aromatic nitrogens is 3. The molecule has 0 N–H and O–H groups in total. The molecule has 3 unspecified atom stereocenters. The van der Waals surface area contributed by atoms with Crippen LogP contribution in [-0.4, -0.2) is 14.2 Å². The van der Waals surface area contributed by atoms with E-state index in [1.807, 2.05) is 17.6 Å². The zero-order chi connectivity index (χ0) is 21.9. The second-order valence-corrected chi connectivity index (χ2v) is 9.93. The predicted octanol–water partition coefficient (Wildman–Crippen LogP) is 6.10. The van der Waals surface area contributed by atoms with Gasteiger partial charge in [0.15, 0.2) is 0 Å². The Balaban J connectivity index is 1.72. The molecule has 2 heterocycles. The van der Waals surface area contributed by atoms with Crippen LogP contribution in [-0.2, 0) is 7.05 Å². The van der Waals surface area contributed by atoms with E-state index in [-0.39, 0.29) is 5.56 Å². The van der Waals surface area contributed by atoms with Gasteiger partial charge in [0, 0.05) is 19.0 Å². The number of rotatable bonds is 2. The monoisotopic (exact) mass is 415 g/mol. The minimum absolute atomic E-state index is 0.0455. The van der Waals surface area contributed by atoms with Crippen molar-refractivity contribution >= 4 is 22.1 Å². The minimum atomic E-state index is 0.0455. The topological polar surface area (TPSA) is 39.3 Å². The molecule has 0 amide bonds. The lowest BCUT2D eigenvalue weighted by Gasteiger charge is -2.22. The summed E-state index contributed by atoms with van der Waals surface area (Å²) in [5.41, 5.74) is 6.79. The van der Waals surface area contributed by atoms with Gasteiger partial charge in [0.25, 0.3) is 5.56 Å². The van der Waals surface area contributed by atoms with E-state index in [0.29, 0.717) is 23.7 Å². The number of nitrogens with zero attached hydrogens (tertiary/aromatic N) is 3. The number of hydrogen-bond acceptors (Lipinski definition) is 2. The van der Waals surface area contributed by atoms with Crippen LogP contribution < -0.4 is 5.56 Å². The highest BCUT2D eigenvalue weighted by Crippen LogP contribution is 2.36. The van der Waals surface area contributed by atoms with Crippen LogP contribution >= 0.6 is 0 Å². The Bertz CT molecular complexity index is 1280. The van der Waals surface area contributed by atoms with E-state index < -0.39 is 0 Å². The molecule has 3 aromatic rings. The second kappa shape index (κ2) is 7.51. The van der Waals surface area contributed by atoms with Gasteiger partial charge in [-0.1, -0.05) is 57.4 Å². The Kier molecular flexibility index (Phi) is 4.91. The molecule has 0 saturated heterocycles.